The number of hydrogen-bond acceptors (Lipinski definition) is 1. The van der Waals surface area contributed by atoms with Crippen molar-refractivity contribution in [2.24, 2.45) is 0 Å². The summed E-state index contributed by atoms with van der Waals surface area (Å²) in [6, 6.07) is 6.71. The zero-order valence-electron chi connectivity index (χ0n) is 8.34. The van der Waals surface area contributed by atoms with Gasteiger partial charge in [-0.05, 0) is 46.5 Å². The largest absolute Gasteiger partial charge is 0.311 e. The van der Waals surface area contributed by atoms with Crippen LogP contribution in [0.2, 0.25) is 5.02 Å². The van der Waals surface area contributed by atoms with Gasteiger partial charge in [0.25, 0.3) is 0 Å². The Kier molecular flexibility index (Phi) is 3.84. The molecule has 1 N–H and O–H groups in total. The molecule has 0 amide bonds. The van der Waals surface area contributed by atoms with Crippen molar-refractivity contribution in [1.29, 1.82) is 0 Å². The monoisotopic (exact) mass is 285 g/mol. The normalized spacial score (nSPS) is 16.1. The Morgan fingerprint density at radius 1 is 1.47 bits per heavy atom. The first-order valence-electron chi connectivity index (χ1n) is 5.10. The topological polar surface area (TPSA) is 12.0 Å². The maximum Gasteiger partial charge on any atom is 0.0548 e. The van der Waals surface area contributed by atoms with E-state index in [1.54, 1.807) is 0 Å². The van der Waals surface area contributed by atoms with Crippen LogP contribution in [-0.2, 0) is 0 Å². The van der Waals surface area contributed by atoms with Crippen molar-refractivity contribution in [1.82, 2.24) is 5.32 Å². The summed E-state index contributed by atoms with van der Waals surface area (Å²) in [6.45, 7) is 0.949. The molecule has 0 radical (unpaired) electrons. The van der Waals surface area contributed by atoms with Gasteiger partial charge in [0.15, 0.2) is 0 Å². The second-order valence-corrected chi connectivity index (χ2v) is 5.02. The van der Waals surface area contributed by atoms with Crippen LogP contribution in [0.25, 0.3) is 6.08 Å². The molecular weight excluding hydrogens is 273 g/mol. The van der Waals surface area contributed by atoms with Crippen molar-refractivity contribution in [3.63, 3.8) is 0 Å². The fraction of sp³-hybridized carbons (Fsp3) is 0.333. The van der Waals surface area contributed by atoms with Crippen molar-refractivity contribution in [2.75, 3.05) is 6.54 Å². The highest BCUT2D eigenvalue weighted by molar-refractivity contribution is 9.10. The van der Waals surface area contributed by atoms with Gasteiger partial charge in [-0.1, -0.05) is 29.8 Å². The van der Waals surface area contributed by atoms with Gasteiger partial charge in [-0.15, -0.1) is 0 Å². The predicted octanol–water partition coefficient (Wildman–Crippen LogP) is 3.87. The highest BCUT2D eigenvalue weighted by Gasteiger charge is 2.18. The lowest BCUT2D eigenvalue weighted by Crippen LogP contribution is -2.15. The van der Waals surface area contributed by atoms with E-state index in [1.807, 2.05) is 18.2 Å². The Morgan fingerprint density at radius 3 is 2.93 bits per heavy atom. The van der Waals surface area contributed by atoms with Crippen molar-refractivity contribution in [3.05, 3.63) is 39.3 Å². The van der Waals surface area contributed by atoms with Gasteiger partial charge in [0.05, 0.1) is 5.02 Å². The van der Waals surface area contributed by atoms with Crippen LogP contribution in [0, 0.1) is 0 Å². The van der Waals surface area contributed by atoms with Crippen LogP contribution in [0.4, 0.5) is 0 Å². The molecule has 2 rings (SSSR count). The fourth-order valence-corrected chi connectivity index (χ4v) is 1.85. The molecule has 80 valence electrons. The lowest BCUT2D eigenvalue weighted by atomic mass is 10.2. The standard InChI is InChI=1S/C12H13BrClN/c13-11-8-9(3-6-12(11)14)2-1-7-15-10-4-5-10/h1-3,6,8,10,15H,4-5,7H2/b2-1+. The highest BCUT2D eigenvalue weighted by Crippen LogP contribution is 2.23. The molecule has 1 aromatic carbocycles. The molecule has 0 spiro atoms. The maximum absolute atomic E-state index is 5.91. The Balaban J connectivity index is 1.88. The van der Waals surface area contributed by atoms with Gasteiger partial charge in [-0.25, -0.2) is 0 Å². The lowest BCUT2D eigenvalue weighted by molar-refractivity contribution is 0.754. The number of nitrogens with one attached hydrogen (secondary N) is 1. The first kappa shape index (κ1) is 11.2. The van der Waals surface area contributed by atoms with Gasteiger partial charge in [0.1, 0.15) is 0 Å². The highest BCUT2D eigenvalue weighted by atomic mass is 79.9. The maximum atomic E-state index is 5.91. The quantitative estimate of drug-likeness (QED) is 0.886. The minimum absolute atomic E-state index is 0.753. The number of hydrogen-bond donors (Lipinski definition) is 1. The molecule has 1 fully saturated rings. The summed E-state index contributed by atoms with van der Waals surface area (Å²) in [5.41, 5.74) is 1.17. The molecule has 1 aromatic rings. The summed E-state index contributed by atoms with van der Waals surface area (Å²) < 4.78 is 0.946. The molecule has 0 unspecified atom stereocenters. The molecular formula is C12H13BrClN. The van der Waals surface area contributed by atoms with Crippen molar-refractivity contribution >= 4 is 33.6 Å². The Morgan fingerprint density at radius 2 is 2.27 bits per heavy atom. The molecule has 0 aromatic heterocycles. The average Bonchev–Trinajstić information content (AvgIpc) is 3.02. The zero-order valence-corrected chi connectivity index (χ0v) is 10.7. The fourth-order valence-electron chi connectivity index (χ4n) is 1.33. The molecule has 0 aliphatic heterocycles. The Bertz CT molecular complexity index is 372. The van der Waals surface area contributed by atoms with E-state index in [4.69, 9.17) is 11.6 Å². The molecule has 1 aliphatic rings. The first-order chi connectivity index (χ1) is 7.25. The van der Waals surface area contributed by atoms with E-state index in [2.05, 4.69) is 33.4 Å². The van der Waals surface area contributed by atoms with E-state index in [9.17, 15) is 0 Å². The van der Waals surface area contributed by atoms with Crippen molar-refractivity contribution in [3.8, 4) is 0 Å². The van der Waals surface area contributed by atoms with E-state index in [0.717, 1.165) is 22.1 Å². The summed E-state index contributed by atoms with van der Waals surface area (Å²) in [6.07, 6.45) is 6.92. The van der Waals surface area contributed by atoms with Crippen LogP contribution in [-0.4, -0.2) is 12.6 Å². The van der Waals surface area contributed by atoms with Crippen LogP contribution in [0.1, 0.15) is 18.4 Å². The first-order valence-corrected chi connectivity index (χ1v) is 6.28. The summed E-state index contributed by atoms with van der Waals surface area (Å²) in [5.74, 6) is 0. The molecule has 0 atom stereocenters. The van der Waals surface area contributed by atoms with E-state index in [-0.39, 0.29) is 0 Å². The minimum atomic E-state index is 0.753. The minimum Gasteiger partial charge on any atom is -0.311 e. The second kappa shape index (κ2) is 5.15. The van der Waals surface area contributed by atoms with Gasteiger partial charge in [-0.3, -0.25) is 0 Å². The summed E-state index contributed by atoms with van der Waals surface area (Å²) >= 11 is 9.32. The van der Waals surface area contributed by atoms with Gasteiger partial charge in [0.2, 0.25) is 0 Å². The molecule has 0 heterocycles. The van der Waals surface area contributed by atoms with E-state index >= 15 is 0 Å². The summed E-state index contributed by atoms with van der Waals surface area (Å²) in [7, 11) is 0. The third-order valence-corrected chi connectivity index (χ3v) is 3.57. The number of rotatable bonds is 4. The number of halogens is 2. The molecule has 1 aliphatic carbocycles. The van der Waals surface area contributed by atoms with Crippen LogP contribution >= 0.6 is 27.5 Å². The van der Waals surface area contributed by atoms with Gasteiger partial charge in [0, 0.05) is 17.1 Å². The average molecular weight is 287 g/mol. The Labute approximate surface area is 104 Å². The molecule has 3 heteroatoms. The SMILES string of the molecule is Clc1ccc(/C=C/CNC2CC2)cc1Br. The van der Waals surface area contributed by atoms with E-state index in [1.165, 1.54) is 18.4 Å². The lowest BCUT2D eigenvalue weighted by Gasteiger charge is -1.98. The number of benzene rings is 1. The summed E-state index contributed by atoms with van der Waals surface area (Å²) in [5, 5.41) is 4.18. The molecule has 1 nitrogen and oxygen atoms in total. The summed E-state index contributed by atoms with van der Waals surface area (Å²) in [4.78, 5) is 0. The third-order valence-electron chi connectivity index (χ3n) is 2.36. The molecule has 0 saturated heterocycles. The second-order valence-electron chi connectivity index (χ2n) is 3.76. The van der Waals surface area contributed by atoms with E-state index < -0.39 is 0 Å². The van der Waals surface area contributed by atoms with Crippen LogP contribution in [0.5, 0.6) is 0 Å². The zero-order chi connectivity index (χ0) is 10.7. The predicted molar refractivity (Wildman–Crippen MR) is 69.2 cm³/mol. The molecule has 15 heavy (non-hydrogen) atoms. The smallest absolute Gasteiger partial charge is 0.0548 e. The van der Waals surface area contributed by atoms with Gasteiger partial charge < -0.3 is 5.32 Å². The van der Waals surface area contributed by atoms with Gasteiger partial charge in [-0.2, -0.15) is 0 Å². The van der Waals surface area contributed by atoms with Crippen LogP contribution in [0.3, 0.4) is 0 Å². The van der Waals surface area contributed by atoms with E-state index in [0.29, 0.717) is 0 Å². The van der Waals surface area contributed by atoms with Crippen molar-refractivity contribution in [2.45, 2.75) is 18.9 Å². The van der Waals surface area contributed by atoms with Crippen molar-refractivity contribution < 1.29 is 0 Å². The Hall–Kier alpha value is -0.310. The third kappa shape index (κ3) is 3.63. The van der Waals surface area contributed by atoms with Crippen LogP contribution < -0.4 is 5.32 Å². The van der Waals surface area contributed by atoms with Crippen LogP contribution in [0.15, 0.2) is 28.7 Å². The van der Waals surface area contributed by atoms with Gasteiger partial charge >= 0.3 is 0 Å². The molecule has 0 bridgehead atoms. The molecule has 1 saturated carbocycles.